The van der Waals surface area contributed by atoms with Crippen LogP contribution in [-0.4, -0.2) is 22.0 Å². The van der Waals surface area contributed by atoms with Crippen molar-refractivity contribution >= 4 is 21.4 Å². The summed E-state index contributed by atoms with van der Waals surface area (Å²) < 4.78 is 27.5. The highest BCUT2D eigenvalue weighted by atomic mass is 32.2. The Morgan fingerprint density at radius 2 is 1.95 bits per heavy atom. The first-order valence-corrected chi connectivity index (χ1v) is 8.37. The van der Waals surface area contributed by atoms with Crippen LogP contribution < -0.4 is 9.62 Å². The molecule has 0 saturated heterocycles. The molecule has 0 aromatic heterocycles. The van der Waals surface area contributed by atoms with Crippen molar-refractivity contribution in [3.05, 3.63) is 53.6 Å². The van der Waals surface area contributed by atoms with Crippen molar-refractivity contribution < 1.29 is 8.42 Å². The molecule has 1 aliphatic rings. The number of nitrogens with zero attached hydrogens (tertiary/aromatic N) is 1. The number of rotatable bonds is 3. The van der Waals surface area contributed by atoms with Crippen LogP contribution >= 0.6 is 0 Å². The lowest BCUT2D eigenvalue weighted by molar-refractivity contribution is 0.601. The van der Waals surface area contributed by atoms with Gasteiger partial charge in [-0.15, -0.1) is 0 Å². The largest absolute Gasteiger partial charge is 0.374 e. The van der Waals surface area contributed by atoms with E-state index in [1.807, 2.05) is 38.2 Å². The average Bonchev–Trinajstić information content (AvgIpc) is 2.80. The van der Waals surface area contributed by atoms with E-state index in [1.165, 1.54) is 5.56 Å². The van der Waals surface area contributed by atoms with Gasteiger partial charge in [0.1, 0.15) is 0 Å². The van der Waals surface area contributed by atoms with Crippen molar-refractivity contribution in [3.8, 4) is 0 Å². The molecule has 1 aliphatic heterocycles. The molecule has 21 heavy (non-hydrogen) atoms. The van der Waals surface area contributed by atoms with E-state index in [-0.39, 0.29) is 4.90 Å². The zero-order valence-electron chi connectivity index (χ0n) is 12.1. The third-order valence-electron chi connectivity index (χ3n) is 3.77. The Morgan fingerprint density at radius 3 is 2.71 bits per heavy atom. The highest BCUT2D eigenvalue weighted by Crippen LogP contribution is 2.30. The van der Waals surface area contributed by atoms with Crippen LogP contribution in [0.25, 0.3) is 0 Å². The summed E-state index contributed by atoms with van der Waals surface area (Å²) in [6, 6.07) is 12.6. The second kappa shape index (κ2) is 5.07. The summed E-state index contributed by atoms with van der Waals surface area (Å²) in [7, 11) is -1.52. The van der Waals surface area contributed by atoms with E-state index >= 15 is 0 Å². The van der Waals surface area contributed by atoms with Crippen molar-refractivity contribution in [2.75, 3.05) is 23.2 Å². The zero-order valence-corrected chi connectivity index (χ0v) is 12.9. The van der Waals surface area contributed by atoms with Crippen LogP contribution in [-0.2, 0) is 16.4 Å². The van der Waals surface area contributed by atoms with E-state index in [0.717, 1.165) is 24.2 Å². The van der Waals surface area contributed by atoms with Gasteiger partial charge in [-0.1, -0.05) is 18.2 Å². The van der Waals surface area contributed by atoms with Gasteiger partial charge in [-0.3, -0.25) is 4.72 Å². The Morgan fingerprint density at radius 1 is 1.14 bits per heavy atom. The fraction of sp³-hybridized carbons (Fsp3) is 0.250. The predicted octanol–water partition coefficient (Wildman–Crippen LogP) is 2.79. The molecule has 0 fully saturated rings. The summed E-state index contributed by atoms with van der Waals surface area (Å²) >= 11 is 0. The second-order valence-corrected chi connectivity index (χ2v) is 7.12. The molecule has 2 aromatic carbocycles. The number of benzene rings is 2. The molecule has 3 rings (SSSR count). The van der Waals surface area contributed by atoms with Crippen molar-refractivity contribution in [2.45, 2.75) is 18.2 Å². The topological polar surface area (TPSA) is 49.4 Å². The lowest BCUT2D eigenvalue weighted by atomic mass is 10.1. The number of hydrogen-bond acceptors (Lipinski definition) is 3. The Bertz CT molecular complexity index is 785. The van der Waals surface area contributed by atoms with Crippen LogP contribution in [0.4, 0.5) is 11.4 Å². The maximum Gasteiger partial charge on any atom is 0.261 e. The fourth-order valence-corrected chi connectivity index (χ4v) is 3.75. The Kier molecular flexibility index (Phi) is 3.37. The van der Waals surface area contributed by atoms with Crippen LogP contribution in [0.5, 0.6) is 0 Å². The van der Waals surface area contributed by atoms with Crippen LogP contribution in [0.1, 0.15) is 11.1 Å². The minimum Gasteiger partial charge on any atom is -0.374 e. The summed E-state index contributed by atoms with van der Waals surface area (Å²) in [6.07, 6.45) is 1.01. The first kappa shape index (κ1) is 13.9. The van der Waals surface area contributed by atoms with E-state index in [1.54, 1.807) is 18.2 Å². The Balaban J connectivity index is 1.91. The van der Waals surface area contributed by atoms with Gasteiger partial charge < -0.3 is 4.90 Å². The highest BCUT2D eigenvalue weighted by molar-refractivity contribution is 7.92. The molecule has 5 heteroatoms. The van der Waals surface area contributed by atoms with Gasteiger partial charge in [-0.25, -0.2) is 8.42 Å². The van der Waals surface area contributed by atoms with Gasteiger partial charge in [0.15, 0.2) is 0 Å². The van der Waals surface area contributed by atoms with E-state index < -0.39 is 10.0 Å². The van der Waals surface area contributed by atoms with Crippen molar-refractivity contribution in [1.82, 2.24) is 0 Å². The van der Waals surface area contributed by atoms with Gasteiger partial charge in [0.25, 0.3) is 10.0 Å². The molecule has 0 atom stereocenters. The van der Waals surface area contributed by atoms with Gasteiger partial charge in [-0.2, -0.15) is 0 Å². The molecule has 1 N–H and O–H groups in total. The molecule has 4 nitrogen and oxygen atoms in total. The van der Waals surface area contributed by atoms with E-state index in [0.29, 0.717) is 5.69 Å². The van der Waals surface area contributed by atoms with Gasteiger partial charge in [0.2, 0.25) is 0 Å². The van der Waals surface area contributed by atoms with Crippen molar-refractivity contribution in [3.63, 3.8) is 0 Å². The standard InChI is InChI=1S/C16H18N2O2S/c1-12-4-3-5-15(10-12)21(19,20)17-14-7-6-13-8-9-18(2)16(13)11-14/h3-7,10-11,17H,8-9H2,1-2H3. The van der Waals surface area contributed by atoms with Crippen LogP contribution in [0.3, 0.4) is 0 Å². The second-order valence-electron chi connectivity index (χ2n) is 5.44. The SMILES string of the molecule is Cc1cccc(S(=O)(=O)Nc2ccc3c(c2)N(C)CC3)c1. The molecule has 0 aliphatic carbocycles. The number of fused-ring (bicyclic) bond motifs is 1. The zero-order chi connectivity index (χ0) is 15.0. The quantitative estimate of drug-likeness (QED) is 0.948. The summed E-state index contributed by atoms with van der Waals surface area (Å²) in [6.45, 7) is 2.85. The number of hydrogen-bond donors (Lipinski definition) is 1. The molecular weight excluding hydrogens is 284 g/mol. The smallest absolute Gasteiger partial charge is 0.261 e. The summed E-state index contributed by atoms with van der Waals surface area (Å²) in [5.74, 6) is 0. The molecule has 0 bridgehead atoms. The van der Waals surface area contributed by atoms with E-state index in [2.05, 4.69) is 9.62 Å². The highest BCUT2D eigenvalue weighted by Gasteiger charge is 2.18. The maximum atomic E-state index is 12.4. The molecule has 2 aromatic rings. The molecule has 0 unspecified atom stereocenters. The third-order valence-corrected chi connectivity index (χ3v) is 5.14. The first-order chi connectivity index (χ1) is 9.95. The normalized spacial score (nSPS) is 14.1. The molecule has 0 spiro atoms. The third kappa shape index (κ3) is 2.74. The maximum absolute atomic E-state index is 12.4. The Hall–Kier alpha value is -2.01. The molecule has 0 radical (unpaired) electrons. The van der Waals surface area contributed by atoms with Crippen LogP contribution in [0.2, 0.25) is 0 Å². The number of nitrogens with one attached hydrogen (secondary N) is 1. The summed E-state index contributed by atoms with van der Waals surface area (Å²) in [5, 5.41) is 0. The molecule has 0 saturated carbocycles. The van der Waals surface area contributed by atoms with Crippen molar-refractivity contribution in [2.24, 2.45) is 0 Å². The molecule has 1 heterocycles. The van der Waals surface area contributed by atoms with E-state index in [4.69, 9.17) is 0 Å². The van der Waals surface area contributed by atoms with E-state index in [9.17, 15) is 8.42 Å². The first-order valence-electron chi connectivity index (χ1n) is 6.89. The van der Waals surface area contributed by atoms with Gasteiger partial charge in [0, 0.05) is 19.3 Å². The fourth-order valence-electron chi connectivity index (χ4n) is 2.60. The lowest BCUT2D eigenvalue weighted by Crippen LogP contribution is -2.15. The number of anilines is 2. The monoisotopic (exact) mass is 302 g/mol. The summed E-state index contributed by atoms with van der Waals surface area (Å²) in [4.78, 5) is 2.43. The summed E-state index contributed by atoms with van der Waals surface area (Å²) in [5.41, 5.74) is 3.88. The average molecular weight is 302 g/mol. The number of likely N-dealkylation sites (N-methyl/N-ethyl adjacent to an activating group) is 1. The Labute approximate surface area is 125 Å². The van der Waals surface area contributed by atoms with Gasteiger partial charge >= 0.3 is 0 Å². The van der Waals surface area contributed by atoms with Crippen molar-refractivity contribution in [1.29, 1.82) is 0 Å². The molecule has 0 amide bonds. The lowest BCUT2D eigenvalue weighted by Gasteiger charge is -2.14. The number of sulfonamides is 1. The molecule has 110 valence electrons. The van der Waals surface area contributed by atoms with Crippen LogP contribution in [0, 0.1) is 6.92 Å². The minimum atomic E-state index is -3.54. The van der Waals surface area contributed by atoms with Gasteiger partial charge in [-0.05, 0) is 48.7 Å². The number of aryl methyl sites for hydroxylation is 1. The van der Waals surface area contributed by atoms with Gasteiger partial charge in [0.05, 0.1) is 10.6 Å². The minimum absolute atomic E-state index is 0.288. The predicted molar refractivity (Wildman–Crippen MR) is 85.4 cm³/mol. The molecular formula is C16H18N2O2S. The van der Waals surface area contributed by atoms with Crippen LogP contribution in [0.15, 0.2) is 47.4 Å².